The van der Waals surface area contributed by atoms with Gasteiger partial charge in [0, 0.05) is 12.6 Å². The van der Waals surface area contributed by atoms with E-state index in [0.29, 0.717) is 23.8 Å². The molecule has 4 heteroatoms. The van der Waals surface area contributed by atoms with Crippen molar-refractivity contribution in [3.63, 3.8) is 0 Å². The Labute approximate surface area is 148 Å². The van der Waals surface area contributed by atoms with Crippen LogP contribution in [-0.4, -0.2) is 39.8 Å². The quantitative estimate of drug-likeness (QED) is 0.827. The van der Waals surface area contributed by atoms with E-state index in [1.165, 1.54) is 24.0 Å². The van der Waals surface area contributed by atoms with Gasteiger partial charge in [-0.25, -0.2) is 4.79 Å². The van der Waals surface area contributed by atoms with Crippen molar-refractivity contribution < 1.29 is 9.90 Å². The molecule has 2 unspecified atom stereocenters. The second-order valence-electron chi connectivity index (χ2n) is 9.56. The van der Waals surface area contributed by atoms with Crippen LogP contribution in [0.2, 0.25) is 0 Å². The molecule has 4 bridgehead atoms. The van der Waals surface area contributed by atoms with Crippen molar-refractivity contribution in [1.82, 2.24) is 10.2 Å². The fraction of sp³-hybridized carbons (Fsp3) is 0.667. The molecule has 7 rings (SSSR count). The van der Waals surface area contributed by atoms with Gasteiger partial charge in [-0.05, 0) is 73.8 Å². The minimum absolute atomic E-state index is 0.0799. The lowest BCUT2D eigenvalue weighted by molar-refractivity contribution is -0.160. The monoisotopic (exact) mass is 338 g/mol. The highest BCUT2D eigenvalue weighted by atomic mass is 16.3. The van der Waals surface area contributed by atoms with E-state index in [-0.39, 0.29) is 11.6 Å². The summed E-state index contributed by atoms with van der Waals surface area (Å²) in [4.78, 5) is 15.2. The number of amides is 2. The van der Waals surface area contributed by atoms with Crippen molar-refractivity contribution in [1.29, 1.82) is 0 Å². The molecule has 1 saturated heterocycles. The van der Waals surface area contributed by atoms with E-state index in [1.807, 2.05) is 0 Å². The van der Waals surface area contributed by atoms with Gasteiger partial charge in [-0.1, -0.05) is 24.3 Å². The van der Waals surface area contributed by atoms with Crippen LogP contribution in [0.1, 0.15) is 43.2 Å². The van der Waals surface area contributed by atoms with Crippen LogP contribution in [0, 0.1) is 17.8 Å². The first kappa shape index (κ1) is 14.6. The average Bonchev–Trinajstić information content (AvgIpc) is 3.07. The molecule has 6 aliphatic rings. The first-order valence-corrected chi connectivity index (χ1v) is 9.92. The number of hydrogen-bond donors (Lipinski definition) is 2. The molecule has 2 amide bonds. The van der Waals surface area contributed by atoms with Crippen LogP contribution in [0.4, 0.5) is 4.79 Å². The molecule has 1 spiro atoms. The van der Waals surface area contributed by atoms with Gasteiger partial charge >= 0.3 is 6.03 Å². The van der Waals surface area contributed by atoms with E-state index in [9.17, 15) is 9.90 Å². The normalized spacial score (nSPS) is 42.9. The topological polar surface area (TPSA) is 52.6 Å². The number of hydrogen-bond acceptors (Lipinski definition) is 2. The summed E-state index contributed by atoms with van der Waals surface area (Å²) in [6.07, 6.45) is 7.16. The Morgan fingerprint density at radius 1 is 1.04 bits per heavy atom. The van der Waals surface area contributed by atoms with Crippen LogP contribution in [-0.2, 0) is 12.8 Å². The third kappa shape index (κ3) is 1.89. The van der Waals surface area contributed by atoms with Crippen LogP contribution in [0.25, 0.3) is 0 Å². The maximum Gasteiger partial charge on any atom is 0.318 e. The molecule has 1 aromatic carbocycles. The van der Waals surface area contributed by atoms with Crippen LogP contribution in [0.15, 0.2) is 24.3 Å². The largest absolute Gasteiger partial charge is 0.390 e. The Morgan fingerprint density at radius 2 is 1.68 bits per heavy atom. The number of nitrogens with one attached hydrogen (secondary N) is 1. The molecule has 25 heavy (non-hydrogen) atoms. The summed E-state index contributed by atoms with van der Waals surface area (Å²) >= 11 is 0. The van der Waals surface area contributed by atoms with Crippen molar-refractivity contribution >= 4 is 6.03 Å². The number of fused-ring (bicyclic) bond motifs is 1. The molecule has 5 fully saturated rings. The number of benzene rings is 1. The molecule has 0 aromatic heterocycles. The molecule has 0 radical (unpaired) electrons. The van der Waals surface area contributed by atoms with Gasteiger partial charge in [0.05, 0.1) is 11.1 Å². The predicted molar refractivity (Wildman–Crippen MR) is 94.1 cm³/mol. The van der Waals surface area contributed by atoms with Crippen molar-refractivity contribution in [2.24, 2.45) is 17.8 Å². The smallest absolute Gasteiger partial charge is 0.318 e. The lowest BCUT2D eigenvalue weighted by atomic mass is 9.51. The van der Waals surface area contributed by atoms with Crippen LogP contribution in [0.3, 0.4) is 0 Å². The molecular weight excluding hydrogens is 312 g/mol. The van der Waals surface area contributed by atoms with Gasteiger partial charge in [-0.2, -0.15) is 0 Å². The Kier molecular flexibility index (Phi) is 2.68. The first-order chi connectivity index (χ1) is 12.1. The highest BCUT2D eigenvalue weighted by molar-refractivity contribution is 5.79. The van der Waals surface area contributed by atoms with Gasteiger partial charge in [-0.15, -0.1) is 0 Å². The Hall–Kier alpha value is -1.55. The zero-order valence-electron chi connectivity index (χ0n) is 14.6. The number of nitrogens with zero attached hydrogens (tertiary/aromatic N) is 1. The van der Waals surface area contributed by atoms with E-state index in [0.717, 1.165) is 38.6 Å². The molecule has 1 aromatic rings. The molecule has 1 heterocycles. The van der Waals surface area contributed by atoms with Gasteiger partial charge in [0.1, 0.15) is 0 Å². The van der Waals surface area contributed by atoms with Crippen molar-refractivity contribution in [2.75, 3.05) is 6.54 Å². The summed E-state index contributed by atoms with van der Waals surface area (Å²) in [6, 6.07) is 9.15. The van der Waals surface area contributed by atoms with E-state index in [4.69, 9.17) is 0 Å². The van der Waals surface area contributed by atoms with Crippen LogP contribution in [0.5, 0.6) is 0 Å². The SMILES string of the molecule is O=C1NCC2(Cc3ccccc3C2)N1C1C2CC3CC1CC(O)(C3)C2. The number of carbonyl (C=O) groups is 1. The Balaban J connectivity index is 1.38. The molecule has 4 saturated carbocycles. The molecule has 5 aliphatic carbocycles. The lowest BCUT2D eigenvalue weighted by Gasteiger charge is -2.61. The van der Waals surface area contributed by atoms with Gasteiger partial charge in [-0.3, -0.25) is 0 Å². The Bertz CT molecular complexity index is 719. The summed E-state index contributed by atoms with van der Waals surface area (Å²) < 4.78 is 0. The van der Waals surface area contributed by atoms with Gasteiger partial charge in [0.15, 0.2) is 0 Å². The summed E-state index contributed by atoms with van der Waals surface area (Å²) in [5.41, 5.74) is 2.30. The van der Waals surface area contributed by atoms with E-state index in [2.05, 4.69) is 34.5 Å². The fourth-order valence-corrected chi connectivity index (χ4v) is 7.42. The fourth-order valence-electron chi connectivity index (χ4n) is 7.42. The number of aliphatic hydroxyl groups is 1. The van der Waals surface area contributed by atoms with Crippen molar-refractivity contribution in [3.05, 3.63) is 35.4 Å². The minimum atomic E-state index is -0.436. The summed E-state index contributed by atoms with van der Waals surface area (Å²) in [7, 11) is 0. The average molecular weight is 338 g/mol. The summed E-state index contributed by atoms with van der Waals surface area (Å²) in [6.45, 7) is 0.768. The number of rotatable bonds is 1. The number of urea groups is 1. The zero-order valence-corrected chi connectivity index (χ0v) is 14.6. The van der Waals surface area contributed by atoms with E-state index < -0.39 is 5.60 Å². The van der Waals surface area contributed by atoms with Crippen LogP contribution < -0.4 is 5.32 Å². The second kappa shape index (κ2) is 4.59. The van der Waals surface area contributed by atoms with Gasteiger partial charge in [0.2, 0.25) is 0 Å². The van der Waals surface area contributed by atoms with E-state index >= 15 is 0 Å². The molecule has 2 N–H and O–H groups in total. The lowest BCUT2D eigenvalue weighted by Crippen LogP contribution is -2.66. The van der Waals surface area contributed by atoms with Crippen molar-refractivity contribution in [2.45, 2.75) is 62.1 Å². The molecule has 1 aliphatic heterocycles. The summed E-state index contributed by atoms with van der Waals surface area (Å²) in [5.74, 6) is 1.66. The van der Waals surface area contributed by atoms with Gasteiger partial charge in [0.25, 0.3) is 0 Å². The third-order valence-corrected chi connectivity index (χ3v) is 7.95. The molecular formula is C21H26N2O2. The van der Waals surface area contributed by atoms with E-state index in [1.54, 1.807) is 0 Å². The molecule has 2 atom stereocenters. The third-order valence-electron chi connectivity index (χ3n) is 7.95. The molecule has 132 valence electrons. The maximum atomic E-state index is 12.9. The highest BCUT2D eigenvalue weighted by Crippen LogP contribution is 2.58. The Morgan fingerprint density at radius 3 is 2.28 bits per heavy atom. The highest BCUT2D eigenvalue weighted by Gasteiger charge is 2.61. The van der Waals surface area contributed by atoms with Gasteiger partial charge < -0.3 is 15.3 Å². The minimum Gasteiger partial charge on any atom is -0.390 e. The second-order valence-corrected chi connectivity index (χ2v) is 9.56. The van der Waals surface area contributed by atoms with Crippen LogP contribution >= 0.6 is 0 Å². The molecule has 4 nitrogen and oxygen atoms in total. The standard InChI is InChI=1S/C21H26N2O2/c24-19-22-12-20(8-14-3-1-2-4-15(14)9-20)23(19)18-16-5-13-6-17(18)11-21(25,7-13)10-16/h1-4,13,16-18,25H,5-12H2,(H,22,24). The maximum absolute atomic E-state index is 12.9. The predicted octanol–water partition coefficient (Wildman–Crippen LogP) is 2.49. The zero-order chi connectivity index (χ0) is 16.8. The number of carbonyl (C=O) groups excluding carboxylic acids is 1. The van der Waals surface area contributed by atoms with Crippen molar-refractivity contribution in [3.8, 4) is 0 Å². The summed E-state index contributed by atoms with van der Waals surface area (Å²) in [5, 5.41) is 14.1. The first-order valence-electron chi connectivity index (χ1n) is 9.92.